The van der Waals surface area contributed by atoms with Crippen LogP contribution in [0.1, 0.15) is 11.1 Å². The van der Waals surface area contributed by atoms with Crippen LogP contribution < -0.4 is 11.1 Å². The van der Waals surface area contributed by atoms with E-state index in [0.29, 0.717) is 0 Å². The average molecular weight is 297 g/mol. The number of hydrogen-bond acceptors (Lipinski definition) is 3. The minimum absolute atomic E-state index is 0.779. The minimum Gasteiger partial charge on any atom is -0.398 e. The molecule has 0 aliphatic heterocycles. The fraction of sp³-hybridized carbons (Fsp3) is 0.167. The van der Waals surface area contributed by atoms with Crippen molar-refractivity contribution in [1.29, 1.82) is 0 Å². The van der Waals surface area contributed by atoms with Gasteiger partial charge in [0.05, 0.1) is 0 Å². The molecule has 0 aliphatic rings. The molecule has 2 aromatic rings. The van der Waals surface area contributed by atoms with E-state index in [0.717, 1.165) is 23.2 Å². The number of rotatable bonds is 4. The minimum atomic E-state index is 0.779. The van der Waals surface area contributed by atoms with Crippen LogP contribution in [0.3, 0.4) is 0 Å². The molecule has 16 heavy (non-hydrogen) atoms. The van der Waals surface area contributed by atoms with E-state index in [9.17, 15) is 0 Å². The Morgan fingerprint density at radius 2 is 2.00 bits per heavy atom. The molecule has 1 aromatic carbocycles. The molecule has 0 spiro atoms. The van der Waals surface area contributed by atoms with Gasteiger partial charge in [0.25, 0.3) is 0 Å². The molecular formula is C12H13BrN2S. The SMILES string of the molecule is Nc1ccc(CNCc2ccsc2)cc1Br. The van der Waals surface area contributed by atoms with Gasteiger partial charge in [-0.15, -0.1) is 0 Å². The van der Waals surface area contributed by atoms with Crippen LogP contribution in [0.4, 0.5) is 5.69 Å². The summed E-state index contributed by atoms with van der Waals surface area (Å²) < 4.78 is 0.960. The van der Waals surface area contributed by atoms with Crippen molar-refractivity contribution in [3.63, 3.8) is 0 Å². The number of anilines is 1. The van der Waals surface area contributed by atoms with E-state index in [-0.39, 0.29) is 0 Å². The predicted octanol–water partition coefficient (Wildman–Crippen LogP) is 3.38. The van der Waals surface area contributed by atoms with E-state index in [2.05, 4.69) is 44.1 Å². The Hall–Kier alpha value is -0.840. The van der Waals surface area contributed by atoms with Crippen LogP contribution in [-0.2, 0) is 13.1 Å². The second kappa shape index (κ2) is 5.48. The number of nitrogens with one attached hydrogen (secondary N) is 1. The summed E-state index contributed by atoms with van der Waals surface area (Å²) in [7, 11) is 0. The fourth-order valence-corrected chi connectivity index (χ4v) is 2.52. The normalized spacial score (nSPS) is 10.6. The molecule has 0 atom stereocenters. The molecule has 1 heterocycles. The molecule has 3 N–H and O–H groups in total. The predicted molar refractivity (Wildman–Crippen MR) is 73.4 cm³/mol. The number of benzene rings is 1. The topological polar surface area (TPSA) is 38.0 Å². The summed E-state index contributed by atoms with van der Waals surface area (Å²) in [5.74, 6) is 0. The second-order valence-corrected chi connectivity index (χ2v) is 5.23. The van der Waals surface area contributed by atoms with E-state index in [1.165, 1.54) is 11.1 Å². The van der Waals surface area contributed by atoms with Crippen molar-refractivity contribution < 1.29 is 0 Å². The van der Waals surface area contributed by atoms with Crippen molar-refractivity contribution >= 4 is 33.0 Å². The maximum atomic E-state index is 5.73. The van der Waals surface area contributed by atoms with Gasteiger partial charge in [0.2, 0.25) is 0 Å². The van der Waals surface area contributed by atoms with E-state index in [1.54, 1.807) is 11.3 Å². The monoisotopic (exact) mass is 296 g/mol. The zero-order valence-electron chi connectivity index (χ0n) is 8.74. The summed E-state index contributed by atoms with van der Waals surface area (Å²) in [5.41, 5.74) is 9.07. The third kappa shape index (κ3) is 3.07. The lowest BCUT2D eigenvalue weighted by molar-refractivity contribution is 0.695. The smallest absolute Gasteiger partial charge is 0.0458 e. The summed E-state index contributed by atoms with van der Waals surface area (Å²) in [4.78, 5) is 0. The van der Waals surface area contributed by atoms with E-state index >= 15 is 0 Å². The quantitative estimate of drug-likeness (QED) is 0.849. The molecule has 0 fully saturated rings. The maximum Gasteiger partial charge on any atom is 0.0458 e. The van der Waals surface area contributed by atoms with Gasteiger partial charge < -0.3 is 11.1 Å². The Labute approximate surface area is 108 Å². The fourth-order valence-electron chi connectivity index (χ4n) is 1.43. The van der Waals surface area contributed by atoms with Crippen LogP contribution in [0.15, 0.2) is 39.5 Å². The van der Waals surface area contributed by atoms with Crippen molar-refractivity contribution in [2.45, 2.75) is 13.1 Å². The zero-order valence-corrected chi connectivity index (χ0v) is 11.1. The van der Waals surface area contributed by atoms with Gasteiger partial charge in [0.15, 0.2) is 0 Å². The Balaban J connectivity index is 1.87. The van der Waals surface area contributed by atoms with Crippen LogP contribution in [0.5, 0.6) is 0 Å². The van der Waals surface area contributed by atoms with Gasteiger partial charge in [-0.25, -0.2) is 0 Å². The van der Waals surface area contributed by atoms with E-state index in [4.69, 9.17) is 5.73 Å². The molecule has 0 saturated heterocycles. The third-order valence-corrected chi connectivity index (χ3v) is 3.72. The summed E-state index contributed by atoms with van der Waals surface area (Å²) in [5, 5.41) is 7.65. The Morgan fingerprint density at radius 3 is 2.69 bits per heavy atom. The zero-order chi connectivity index (χ0) is 11.4. The largest absolute Gasteiger partial charge is 0.398 e. The molecule has 0 unspecified atom stereocenters. The Kier molecular flexibility index (Phi) is 3.98. The highest BCUT2D eigenvalue weighted by molar-refractivity contribution is 9.10. The summed E-state index contributed by atoms with van der Waals surface area (Å²) in [6.07, 6.45) is 0. The first kappa shape index (κ1) is 11.6. The highest BCUT2D eigenvalue weighted by Crippen LogP contribution is 2.20. The molecule has 0 amide bonds. The molecule has 84 valence electrons. The second-order valence-electron chi connectivity index (χ2n) is 3.59. The van der Waals surface area contributed by atoms with Gasteiger partial charge in [-0.2, -0.15) is 11.3 Å². The summed E-state index contributed by atoms with van der Waals surface area (Å²) in [6.45, 7) is 1.76. The number of nitrogens with two attached hydrogens (primary N) is 1. The van der Waals surface area contributed by atoms with Crippen LogP contribution in [-0.4, -0.2) is 0 Å². The summed E-state index contributed by atoms with van der Waals surface area (Å²) >= 11 is 5.15. The lowest BCUT2D eigenvalue weighted by Gasteiger charge is -2.05. The molecule has 4 heteroatoms. The molecule has 2 rings (SSSR count). The number of hydrogen-bond donors (Lipinski definition) is 2. The lowest BCUT2D eigenvalue weighted by Crippen LogP contribution is -2.12. The molecule has 2 nitrogen and oxygen atoms in total. The van der Waals surface area contributed by atoms with Gasteiger partial charge in [0.1, 0.15) is 0 Å². The molecule has 0 radical (unpaired) electrons. The lowest BCUT2D eigenvalue weighted by atomic mass is 10.2. The van der Waals surface area contributed by atoms with Crippen molar-refractivity contribution in [2.24, 2.45) is 0 Å². The first-order valence-electron chi connectivity index (χ1n) is 5.01. The van der Waals surface area contributed by atoms with Crippen LogP contribution in [0, 0.1) is 0 Å². The van der Waals surface area contributed by atoms with Crippen molar-refractivity contribution in [2.75, 3.05) is 5.73 Å². The number of nitrogen functional groups attached to an aromatic ring is 1. The molecule has 0 saturated carbocycles. The van der Waals surface area contributed by atoms with Crippen LogP contribution in [0.2, 0.25) is 0 Å². The molecule has 0 aliphatic carbocycles. The summed E-state index contributed by atoms with van der Waals surface area (Å²) in [6, 6.07) is 8.15. The van der Waals surface area contributed by atoms with E-state index < -0.39 is 0 Å². The van der Waals surface area contributed by atoms with Gasteiger partial charge >= 0.3 is 0 Å². The highest BCUT2D eigenvalue weighted by Gasteiger charge is 1.98. The first-order chi connectivity index (χ1) is 7.75. The third-order valence-electron chi connectivity index (χ3n) is 2.30. The van der Waals surface area contributed by atoms with Gasteiger partial charge in [-0.3, -0.25) is 0 Å². The highest BCUT2D eigenvalue weighted by atomic mass is 79.9. The maximum absolute atomic E-state index is 5.73. The number of thiophene rings is 1. The standard InChI is InChI=1S/C12H13BrN2S/c13-11-5-9(1-2-12(11)14)6-15-7-10-3-4-16-8-10/h1-5,8,15H,6-7,14H2. The molecular weight excluding hydrogens is 284 g/mol. The Morgan fingerprint density at radius 1 is 1.19 bits per heavy atom. The van der Waals surface area contributed by atoms with Crippen molar-refractivity contribution in [3.8, 4) is 0 Å². The van der Waals surface area contributed by atoms with Gasteiger partial charge in [-0.1, -0.05) is 6.07 Å². The van der Waals surface area contributed by atoms with E-state index in [1.807, 2.05) is 12.1 Å². The van der Waals surface area contributed by atoms with Crippen LogP contribution in [0.25, 0.3) is 0 Å². The molecule has 1 aromatic heterocycles. The van der Waals surface area contributed by atoms with Crippen LogP contribution >= 0.6 is 27.3 Å². The van der Waals surface area contributed by atoms with Crippen molar-refractivity contribution in [3.05, 3.63) is 50.6 Å². The Bertz CT molecular complexity index is 454. The van der Waals surface area contributed by atoms with Gasteiger partial charge in [0, 0.05) is 23.2 Å². The van der Waals surface area contributed by atoms with Crippen molar-refractivity contribution in [1.82, 2.24) is 5.32 Å². The average Bonchev–Trinajstić information content (AvgIpc) is 2.76. The first-order valence-corrected chi connectivity index (χ1v) is 6.75. The number of halogens is 1. The van der Waals surface area contributed by atoms with Gasteiger partial charge in [-0.05, 0) is 56.0 Å². The molecule has 0 bridgehead atoms.